The monoisotopic (exact) mass is 223 g/mol. The largest absolute Gasteiger partial charge is 0.465 e. The van der Waals surface area contributed by atoms with Gasteiger partial charge in [-0.15, -0.1) is 6.42 Å². The van der Waals surface area contributed by atoms with Crippen LogP contribution in [0.4, 0.5) is 10.5 Å². The second kappa shape index (κ2) is 4.72. The van der Waals surface area contributed by atoms with Gasteiger partial charge in [-0.05, 0) is 31.2 Å². The average Bonchev–Trinajstić information content (AvgIpc) is 2.20. The minimum absolute atomic E-state index is 0.510. The SMILES string of the molecule is C#CC(C)N(C(=O)O)c1ccc(Cl)cc1. The molecule has 0 radical (unpaired) electrons. The van der Waals surface area contributed by atoms with E-state index in [1.807, 2.05) is 0 Å². The standard InChI is InChI=1S/C11H10ClNO2/c1-3-8(2)13(11(14)15)10-6-4-9(12)5-7-10/h1,4-8H,2H3,(H,14,15). The Morgan fingerprint density at radius 2 is 2.07 bits per heavy atom. The molecule has 0 aliphatic carbocycles. The molecular weight excluding hydrogens is 214 g/mol. The first-order chi connectivity index (χ1) is 7.06. The molecule has 0 aliphatic heterocycles. The molecule has 78 valence electrons. The molecule has 1 unspecified atom stereocenters. The smallest absolute Gasteiger partial charge is 0.412 e. The third kappa shape index (κ3) is 2.64. The number of halogens is 1. The van der Waals surface area contributed by atoms with Gasteiger partial charge in [0, 0.05) is 10.7 Å². The Hall–Kier alpha value is -1.66. The first-order valence-electron chi connectivity index (χ1n) is 4.30. The lowest BCUT2D eigenvalue weighted by Gasteiger charge is -2.22. The molecule has 1 aromatic carbocycles. The summed E-state index contributed by atoms with van der Waals surface area (Å²) in [5.41, 5.74) is 0.511. The van der Waals surface area contributed by atoms with E-state index in [4.69, 9.17) is 23.1 Å². The van der Waals surface area contributed by atoms with Crippen LogP contribution in [0.15, 0.2) is 24.3 Å². The van der Waals surface area contributed by atoms with Gasteiger partial charge in [0.1, 0.15) is 0 Å². The van der Waals surface area contributed by atoms with Crippen LogP contribution in [0.25, 0.3) is 0 Å². The van der Waals surface area contributed by atoms with Gasteiger partial charge in [-0.3, -0.25) is 4.90 Å². The van der Waals surface area contributed by atoms with Gasteiger partial charge < -0.3 is 5.11 Å². The van der Waals surface area contributed by atoms with Crippen LogP contribution in [0.5, 0.6) is 0 Å². The lowest BCUT2D eigenvalue weighted by Crippen LogP contribution is -2.36. The van der Waals surface area contributed by atoms with Gasteiger partial charge in [0.05, 0.1) is 6.04 Å². The number of benzene rings is 1. The summed E-state index contributed by atoms with van der Waals surface area (Å²) in [5, 5.41) is 9.55. The minimum Gasteiger partial charge on any atom is -0.465 e. The summed E-state index contributed by atoms with van der Waals surface area (Å²) in [5.74, 6) is 2.37. The van der Waals surface area contributed by atoms with Gasteiger partial charge in [0.2, 0.25) is 0 Å². The van der Waals surface area contributed by atoms with Gasteiger partial charge in [0.15, 0.2) is 0 Å². The van der Waals surface area contributed by atoms with Crippen molar-refractivity contribution in [3.63, 3.8) is 0 Å². The highest BCUT2D eigenvalue weighted by Crippen LogP contribution is 2.20. The number of carbonyl (C=O) groups is 1. The fourth-order valence-electron chi connectivity index (χ4n) is 1.18. The number of terminal acetylenes is 1. The van der Waals surface area contributed by atoms with E-state index in [0.717, 1.165) is 4.90 Å². The fraction of sp³-hybridized carbons (Fsp3) is 0.182. The first-order valence-corrected chi connectivity index (χ1v) is 4.68. The predicted octanol–water partition coefficient (Wildman–Crippen LogP) is 2.85. The molecule has 3 nitrogen and oxygen atoms in total. The van der Waals surface area contributed by atoms with Crippen molar-refractivity contribution >= 4 is 23.4 Å². The van der Waals surface area contributed by atoms with Crippen molar-refractivity contribution in [2.75, 3.05) is 4.90 Å². The Labute approximate surface area is 93.3 Å². The van der Waals surface area contributed by atoms with Crippen molar-refractivity contribution in [3.8, 4) is 12.3 Å². The lowest BCUT2D eigenvalue weighted by atomic mass is 10.2. The third-order valence-corrected chi connectivity index (χ3v) is 2.19. The highest BCUT2D eigenvalue weighted by molar-refractivity contribution is 6.30. The average molecular weight is 224 g/mol. The molecule has 0 saturated carbocycles. The van der Waals surface area contributed by atoms with Crippen molar-refractivity contribution in [1.82, 2.24) is 0 Å². The number of hydrogen-bond acceptors (Lipinski definition) is 1. The maximum absolute atomic E-state index is 11.0. The van der Waals surface area contributed by atoms with Crippen LogP contribution in [0.1, 0.15) is 6.92 Å². The quantitative estimate of drug-likeness (QED) is 0.784. The minimum atomic E-state index is -1.08. The number of carboxylic acid groups (broad SMARTS) is 1. The van der Waals surface area contributed by atoms with E-state index in [0.29, 0.717) is 10.7 Å². The Balaban J connectivity index is 3.06. The predicted molar refractivity (Wildman–Crippen MR) is 60.3 cm³/mol. The van der Waals surface area contributed by atoms with Crippen molar-refractivity contribution in [3.05, 3.63) is 29.3 Å². The molecule has 0 saturated heterocycles. The van der Waals surface area contributed by atoms with E-state index in [1.165, 1.54) is 0 Å². The highest BCUT2D eigenvalue weighted by atomic mass is 35.5. The van der Waals surface area contributed by atoms with Crippen molar-refractivity contribution in [2.24, 2.45) is 0 Å². The number of amides is 1. The second-order valence-electron chi connectivity index (χ2n) is 2.97. The zero-order valence-corrected chi connectivity index (χ0v) is 8.90. The van der Waals surface area contributed by atoms with Gasteiger partial charge in [-0.2, -0.15) is 0 Å². The zero-order valence-electron chi connectivity index (χ0n) is 8.14. The number of anilines is 1. The summed E-state index contributed by atoms with van der Waals surface area (Å²) < 4.78 is 0. The fourth-order valence-corrected chi connectivity index (χ4v) is 1.30. The Bertz CT molecular complexity index is 394. The molecule has 0 spiro atoms. The summed E-state index contributed by atoms with van der Waals surface area (Å²) in [6, 6.07) is 5.96. The maximum atomic E-state index is 11.0. The summed E-state index contributed by atoms with van der Waals surface area (Å²) >= 11 is 5.70. The van der Waals surface area contributed by atoms with Crippen LogP contribution in [0.3, 0.4) is 0 Å². The molecule has 0 heterocycles. The molecule has 1 amide bonds. The van der Waals surface area contributed by atoms with Crippen LogP contribution < -0.4 is 4.90 Å². The molecule has 1 N–H and O–H groups in total. The van der Waals surface area contributed by atoms with E-state index in [1.54, 1.807) is 31.2 Å². The molecule has 1 rings (SSSR count). The van der Waals surface area contributed by atoms with Crippen molar-refractivity contribution in [1.29, 1.82) is 0 Å². The lowest BCUT2D eigenvalue weighted by molar-refractivity contribution is 0.201. The van der Waals surface area contributed by atoms with Crippen LogP contribution in [-0.4, -0.2) is 17.2 Å². The molecule has 0 bridgehead atoms. The topological polar surface area (TPSA) is 40.5 Å². The van der Waals surface area contributed by atoms with Crippen LogP contribution in [-0.2, 0) is 0 Å². The van der Waals surface area contributed by atoms with Crippen LogP contribution in [0.2, 0.25) is 5.02 Å². The Morgan fingerprint density at radius 3 is 2.47 bits per heavy atom. The Kier molecular flexibility index (Phi) is 3.59. The second-order valence-corrected chi connectivity index (χ2v) is 3.41. The normalized spacial score (nSPS) is 11.5. The number of rotatable bonds is 2. The molecule has 1 atom stereocenters. The molecule has 0 aromatic heterocycles. The molecule has 1 aromatic rings. The summed E-state index contributed by atoms with van der Waals surface area (Å²) in [4.78, 5) is 12.1. The van der Waals surface area contributed by atoms with Crippen molar-refractivity contribution < 1.29 is 9.90 Å². The van der Waals surface area contributed by atoms with Crippen molar-refractivity contribution in [2.45, 2.75) is 13.0 Å². The summed E-state index contributed by atoms with van der Waals surface area (Å²) in [6.45, 7) is 1.64. The molecule has 0 aliphatic rings. The Morgan fingerprint density at radius 1 is 1.53 bits per heavy atom. The highest BCUT2D eigenvalue weighted by Gasteiger charge is 2.19. The number of hydrogen-bond donors (Lipinski definition) is 1. The van der Waals surface area contributed by atoms with E-state index in [2.05, 4.69) is 5.92 Å². The molecule has 15 heavy (non-hydrogen) atoms. The summed E-state index contributed by atoms with van der Waals surface area (Å²) in [7, 11) is 0. The van der Waals surface area contributed by atoms with Gasteiger partial charge in [-0.1, -0.05) is 17.5 Å². The van der Waals surface area contributed by atoms with Crippen LogP contribution >= 0.6 is 11.6 Å². The van der Waals surface area contributed by atoms with E-state index in [-0.39, 0.29) is 0 Å². The van der Waals surface area contributed by atoms with Gasteiger partial charge >= 0.3 is 6.09 Å². The molecule has 4 heteroatoms. The first kappa shape index (κ1) is 11.4. The van der Waals surface area contributed by atoms with E-state index < -0.39 is 12.1 Å². The molecular formula is C11H10ClNO2. The molecule has 0 fully saturated rings. The van der Waals surface area contributed by atoms with E-state index in [9.17, 15) is 4.79 Å². The number of nitrogens with zero attached hydrogens (tertiary/aromatic N) is 1. The van der Waals surface area contributed by atoms with E-state index >= 15 is 0 Å². The van der Waals surface area contributed by atoms with Gasteiger partial charge in [0.25, 0.3) is 0 Å². The van der Waals surface area contributed by atoms with Gasteiger partial charge in [-0.25, -0.2) is 4.79 Å². The maximum Gasteiger partial charge on any atom is 0.412 e. The third-order valence-electron chi connectivity index (χ3n) is 1.94. The summed E-state index contributed by atoms with van der Waals surface area (Å²) in [6.07, 6.45) is 4.12. The van der Waals surface area contributed by atoms with Crippen LogP contribution in [0, 0.1) is 12.3 Å². The zero-order chi connectivity index (χ0) is 11.4.